The summed E-state index contributed by atoms with van der Waals surface area (Å²) >= 11 is 3.34. The Labute approximate surface area is 173 Å². The Bertz CT molecular complexity index is 1090. The maximum Gasteiger partial charge on any atom is 0.270 e. The highest BCUT2D eigenvalue weighted by molar-refractivity contribution is 9.10. The number of non-ortho nitro benzene ring substituents is 1. The lowest BCUT2D eigenvalue weighted by Crippen LogP contribution is -2.33. The van der Waals surface area contributed by atoms with Crippen molar-refractivity contribution < 1.29 is 14.5 Å². The van der Waals surface area contributed by atoms with Crippen LogP contribution in [0, 0.1) is 28.4 Å². The molecule has 0 unspecified atom stereocenters. The number of halogens is 1. The fourth-order valence-corrected chi connectivity index (χ4v) is 3.05. The first-order valence-electron chi connectivity index (χ1n) is 8.17. The lowest BCUT2D eigenvalue weighted by atomic mass is 10.1. The van der Waals surface area contributed by atoms with E-state index < -0.39 is 16.4 Å². The van der Waals surface area contributed by atoms with Crippen LogP contribution in [-0.2, 0) is 22.7 Å². The predicted octanol–water partition coefficient (Wildman–Crippen LogP) is 2.00. The monoisotopic (exact) mass is 461 g/mol. The molecule has 10 nitrogen and oxygen atoms in total. The summed E-state index contributed by atoms with van der Waals surface area (Å²) in [6, 6.07) is 7.57. The summed E-state index contributed by atoms with van der Waals surface area (Å²) in [7, 11) is 1.45. The van der Waals surface area contributed by atoms with E-state index in [0.29, 0.717) is 21.3 Å². The number of hydrogen-bond acceptors (Lipinski definition) is 7. The molecular formula is C18H16BrN5O5. The first-order valence-corrected chi connectivity index (χ1v) is 8.96. The van der Waals surface area contributed by atoms with Crippen LogP contribution in [0.25, 0.3) is 0 Å². The molecule has 0 atom stereocenters. The molecule has 0 fully saturated rings. The van der Waals surface area contributed by atoms with Crippen molar-refractivity contribution in [3.63, 3.8) is 0 Å². The summed E-state index contributed by atoms with van der Waals surface area (Å²) in [5, 5.41) is 23.8. The van der Waals surface area contributed by atoms with Gasteiger partial charge in [0.05, 0.1) is 17.7 Å². The van der Waals surface area contributed by atoms with Crippen LogP contribution in [0.1, 0.15) is 22.4 Å². The number of carbonyl (C=O) groups is 1. The number of amides is 1. The number of nitro benzene ring substituents is 1. The molecule has 150 valence electrons. The highest BCUT2D eigenvalue weighted by Crippen LogP contribution is 2.23. The standard InChI is InChI=1S/C18H16BrN5O5/c1-11-17(19)15(10-29-2)14(7-20)18(26)23(11)9-16(25)22-21-8-12-4-3-5-13(6-12)24(27)28/h3-6,8H,9-10H2,1-2H3,(H,22,25)/b21-8+. The minimum absolute atomic E-state index is 0.0695. The number of aromatic nitrogens is 1. The summed E-state index contributed by atoms with van der Waals surface area (Å²) in [4.78, 5) is 35.0. The molecule has 0 aliphatic heterocycles. The number of methoxy groups -OCH3 is 1. The summed E-state index contributed by atoms with van der Waals surface area (Å²) in [5.41, 5.74) is 2.72. The molecule has 0 saturated carbocycles. The van der Waals surface area contributed by atoms with Gasteiger partial charge in [-0.2, -0.15) is 10.4 Å². The largest absolute Gasteiger partial charge is 0.380 e. The summed E-state index contributed by atoms with van der Waals surface area (Å²) in [6.07, 6.45) is 1.25. The van der Waals surface area contributed by atoms with Gasteiger partial charge >= 0.3 is 0 Å². The van der Waals surface area contributed by atoms with Gasteiger partial charge in [-0.1, -0.05) is 12.1 Å². The Morgan fingerprint density at radius 2 is 2.24 bits per heavy atom. The lowest BCUT2D eigenvalue weighted by molar-refractivity contribution is -0.384. The third kappa shape index (κ3) is 5.13. The fourth-order valence-electron chi connectivity index (χ4n) is 2.52. The predicted molar refractivity (Wildman–Crippen MR) is 107 cm³/mol. The van der Waals surface area contributed by atoms with E-state index in [1.807, 2.05) is 6.07 Å². The molecule has 29 heavy (non-hydrogen) atoms. The molecule has 2 rings (SSSR count). The van der Waals surface area contributed by atoms with E-state index in [-0.39, 0.29) is 24.4 Å². The number of hydrazone groups is 1. The molecule has 0 aliphatic rings. The van der Waals surface area contributed by atoms with Crippen molar-refractivity contribution >= 4 is 33.7 Å². The number of ether oxygens (including phenoxy) is 1. The molecule has 1 aromatic carbocycles. The molecule has 2 aromatic rings. The summed E-state index contributed by atoms with van der Waals surface area (Å²) in [6.45, 7) is 1.34. The zero-order valence-corrected chi connectivity index (χ0v) is 17.1. The number of rotatable bonds is 7. The maximum absolute atomic E-state index is 12.6. The van der Waals surface area contributed by atoms with Crippen molar-refractivity contribution in [1.29, 1.82) is 5.26 Å². The molecule has 0 radical (unpaired) electrons. The summed E-state index contributed by atoms with van der Waals surface area (Å²) in [5.74, 6) is -0.604. The second-order valence-corrected chi connectivity index (χ2v) is 6.63. The van der Waals surface area contributed by atoms with E-state index in [1.54, 1.807) is 13.0 Å². The van der Waals surface area contributed by atoms with E-state index in [0.717, 1.165) is 4.57 Å². The third-order valence-electron chi connectivity index (χ3n) is 3.93. The van der Waals surface area contributed by atoms with Crippen molar-refractivity contribution in [1.82, 2.24) is 9.99 Å². The molecular weight excluding hydrogens is 446 g/mol. The zero-order valence-electron chi connectivity index (χ0n) is 15.5. The van der Waals surface area contributed by atoms with Gasteiger partial charge in [-0.25, -0.2) is 5.43 Å². The van der Waals surface area contributed by atoms with E-state index >= 15 is 0 Å². The Morgan fingerprint density at radius 3 is 2.86 bits per heavy atom. The number of nitrogens with one attached hydrogen (secondary N) is 1. The first kappa shape index (κ1) is 21.9. The zero-order chi connectivity index (χ0) is 21.6. The Hall–Kier alpha value is -3.36. The minimum atomic E-state index is -0.613. The van der Waals surface area contributed by atoms with Crippen LogP contribution < -0.4 is 11.0 Å². The number of pyridine rings is 1. The highest BCUT2D eigenvalue weighted by Gasteiger charge is 2.19. The lowest BCUT2D eigenvalue weighted by Gasteiger charge is -2.15. The quantitative estimate of drug-likeness (QED) is 0.379. The molecule has 1 N–H and O–H groups in total. The topological polar surface area (TPSA) is 140 Å². The third-order valence-corrected chi connectivity index (χ3v) is 4.99. The number of nitriles is 1. The van der Waals surface area contributed by atoms with Crippen molar-refractivity contribution in [3.05, 3.63) is 71.6 Å². The molecule has 0 saturated heterocycles. The smallest absolute Gasteiger partial charge is 0.270 e. The van der Waals surface area contributed by atoms with Crippen LogP contribution in [-0.4, -0.2) is 28.7 Å². The van der Waals surface area contributed by atoms with Crippen molar-refractivity contribution in [2.45, 2.75) is 20.1 Å². The van der Waals surface area contributed by atoms with Gasteiger partial charge in [0.25, 0.3) is 17.2 Å². The van der Waals surface area contributed by atoms with Gasteiger partial charge in [0.15, 0.2) is 0 Å². The van der Waals surface area contributed by atoms with Crippen molar-refractivity contribution in [3.8, 4) is 6.07 Å². The number of benzene rings is 1. The molecule has 1 aromatic heterocycles. The molecule has 1 heterocycles. The van der Waals surface area contributed by atoms with Crippen molar-refractivity contribution in [2.24, 2.45) is 5.10 Å². The normalized spacial score (nSPS) is 10.7. The average molecular weight is 462 g/mol. The van der Waals surface area contributed by atoms with Gasteiger partial charge in [-0.15, -0.1) is 0 Å². The van der Waals surface area contributed by atoms with Gasteiger partial charge in [0.2, 0.25) is 0 Å². The Kier molecular flexibility index (Phi) is 7.35. The van der Waals surface area contributed by atoms with Crippen LogP contribution in [0.15, 0.2) is 38.6 Å². The summed E-state index contributed by atoms with van der Waals surface area (Å²) < 4.78 is 6.69. The Balaban J connectivity index is 2.20. The van der Waals surface area contributed by atoms with Gasteiger partial charge in [0, 0.05) is 40.5 Å². The molecule has 1 amide bonds. The number of hydrogen-bond donors (Lipinski definition) is 1. The van der Waals surface area contributed by atoms with Crippen LogP contribution in [0.5, 0.6) is 0 Å². The highest BCUT2D eigenvalue weighted by atomic mass is 79.9. The van der Waals surface area contributed by atoms with Gasteiger partial charge in [-0.3, -0.25) is 19.7 Å². The van der Waals surface area contributed by atoms with Crippen LogP contribution >= 0.6 is 15.9 Å². The van der Waals surface area contributed by atoms with Crippen LogP contribution in [0.2, 0.25) is 0 Å². The average Bonchev–Trinajstić information content (AvgIpc) is 2.70. The van der Waals surface area contributed by atoms with Crippen LogP contribution in [0.3, 0.4) is 0 Å². The molecule has 0 aliphatic carbocycles. The van der Waals surface area contributed by atoms with Crippen molar-refractivity contribution in [2.75, 3.05) is 7.11 Å². The number of carbonyl (C=O) groups excluding carboxylic acids is 1. The fraction of sp³-hybridized carbons (Fsp3) is 0.222. The van der Waals surface area contributed by atoms with E-state index in [1.165, 1.54) is 31.5 Å². The second-order valence-electron chi connectivity index (χ2n) is 5.83. The molecule has 0 bridgehead atoms. The van der Waals surface area contributed by atoms with Gasteiger partial charge < -0.3 is 9.30 Å². The van der Waals surface area contributed by atoms with E-state index in [4.69, 9.17) is 4.74 Å². The minimum Gasteiger partial charge on any atom is -0.380 e. The molecule has 11 heteroatoms. The SMILES string of the molecule is COCc1c(Br)c(C)n(CC(=O)N/N=C/c2cccc([N+](=O)[O-])c2)c(=O)c1C#N. The van der Waals surface area contributed by atoms with Crippen LogP contribution in [0.4, 0.5) is 5.69 Å². The maximum atomic E-state index is 12.6. The second kappa shape index (κ2) is 9.72. The van der Waals surface area contributed by atoms with Gasteiger partial charge in [-0.05, 0) is 22.9 Å². The van der Waals surface area contributed by atoms with E-state index in [2.05, 4.69) is 26.5 Å². The Morgan fingerprint density at radius 1 is 1.52 bits per heavy atom. The number of nitro groups is 1. The number of nitrogens with zero attached hydrogens (tertiary/aromatic N) is 4. The first-order chi connectivity index (χ1) is 13.8. The van der Waals surface area contributed by atoms with Gasteiger partial charge in [0.1, 0.15) is 18.2 Å². The molecule has 0 spiro atoms. The van der Waals surface area contributed by atoms with E-state index in [9.17, 15) is 25.0 Å².